The summed E-state index contributed by atoms with van der Waals surface area (Å²) in [6, 6.07) is 12.3. The summed E-state index contributed by atoms with van der Waals surface area (Å²) in [7, 11) is 0. The van der Waals surface area contributed by atoms with Gasteiger partial charge in [0, 0.05) is 37.5 Å². The zero-order valence-electron chi connectivity index (χ0n) is 14.6. The van der Waals surface area contributed by atoms with Crippen molar-refractivity contribution in [1.82, 2.24) is 9.80 Å². The molecule has 0 spiro atoms. The van der Waals surface area contributed by atoms with Crippen LogP contribution < -0.4 is 0 Å². The first-order valence-corrected chi connectivity index (χ1v) is 9.63. The maximum absolute atomic E-state index is 12.4. The second-order valence-corrected chi connectivity index (χ2v) is 7.54. The number of hydrogen-bond acceptors (Lipinski definition) is 3. The van der Waals surface area contributed by atoms with Gasteiger partial charge in [0.2, 0.25) is 11.8 Å². The highest BCUT2D eigenvalue weighted by atomic mass is 32.1. The molecule has 0 saturated carbocycles. The molecule has 0 aliphatic carbocycles. The predicted octanol–water partition coefficient (Wildman–Crippen LogP) is 2.90. The summed E-state index contributed by atoms with van der Waals surface area (Å²) < 4.78 is 0. The third-order valence-electron chi connectivity index (χ3n) is 4.60. The number of hydrogen-bond donors (Lipinski definition) is 0. The largest absolute Gasteiger partial charge is 0.339 e. The van der Waals surface area contributed by atoms with Crippen molar-refractivity contribution < 1.29 is 9.59 Å². The molecular weight excluding hydrogens is 332 g/mol. The maximum atomic E-state index is 12.4. The van der Waals surface area contributed by atoms with E-state index in [-0.39, 0.29) is 11.8 Å². The minimum Gasteiger partial charge on any atom is -0.339 e. The number of amides is 2. The molecule has 25 heavy (non-hydrogen) atoms. The van der Waals surface area contributed by atoms with Gasteiger partial charge in [-0.2, -0.15) is 0 Å². The highest BCUT2D eigenvalue weighted by Gasteiger charge is 2.24. The molecule has 3 rings (SSSR count). The Morgan fingerprint density at radius 2 is 1.72 bits per heavy atom. The Balaban J connectivity index is 1.43. The van der Waals surface area contributed by atoms with Crippen LogP contribution >= 0.6 is 11.3 Å². The topological polar surface area (TPSA) is 40.6 Å². The molecule has 1 aliphatic heterocycles. The van der Waals surface area contributed by atoms with E-state index in [0.717, 1.165) is 11.3 Å². The number of carbonyl (C=O) groups is 2. The van der Waals surface area contributed by atoms with Crippen molar-refractivity contribution in [3.8, 4) is 0 Å². The van der Waals surface area contributed by atoms with Crippen LogP contribution in [0.2, 0.25) is 0 Å². The normalized spacial score (nSPS) is 14.6. The van der Waals surface area contributed by atoms with Gasteiger partial charge < -0.3 is 9.80 Å². The molecule has 1 fully saturated rings. The van der Waals surface area contributed by atoms with Crippen LogP contribution in [-0.4, -0.2) is 47.8 Å². The first-order chi connectivity index (χ1) is 12.1. The zero-order valence-corrected chi connectivity index (χ0v) is 15.4. The van der Waals surface area contributed by atoms with Crippen molar-refractivity contribution >= 4 is 23.2 Å². The van der Waals surface area contributed by atoms with Crippen LogP contribution in [0.4, 0.5) is 0 Å². The van der Waals surface area contributed by atoms with E-state index in [1.807, 2.05) is 33.4 Å². The van der Waals surface area contributed by atoms with Crippen LogP contribution in [0.25, 0.3) is 0 Å². The maximum Gasteiger partial charge on any atom is 0.227 e. The lowest BCUT2D eigenvalue weighted by Gasteiger charge is -2.35. The van der Waals surface area contributed by atoms with E-state index >= 15 is 0 Å². The Kier molecular flexibility index (Phi) is 5.87. The van der Waals surface area contributed by atoms with E-state index in [9.17, 15) is 9.59 Å². The van der Waals surface area contributed by atoms with E-state index < -0.39 is 0 Å². The predicted molar refractivity (Wildman–Crippen MR) is 101 cm³/mol. The Bertz CT molecular complexity index is 719. The first kappa shape index (κ1) is 17.7. The number of nitrogens with zero attached hydrogens (tertiary/aromatic N) is 2. The molecule has 0 bridgehead atoms. The molecule has 2 aromatic rings. The lowest BCUT2D eigenvalue weighted by Crippen LogP contribution is -2.51. The molecule has 1 aromatic carbocycles. The van der Waals surface area contributed by atoms with Gasteiger partial charge in [-0.1, -0.05) is 35.9 Å². The van der Waals surface area contributed by atoms with Gasteiger partial charge in [-0.25, -0.2) is 0 Å². The molecule has 132 valence electrons. The quantitative estimate of drug-likeness (QED) is 0.826. The van der Waals surface area contributed by atoms with E-state index in [0.29, 0.717) is 39.0 Å². The first-order valence-electron chi connectivity index (χ1n) is 8.75. The van der Waals surface area contributed by atoms with Crippen LogP contribution in [0, 0.1) is 6.92 Å². The van der Waals surface area contributed by atoms with Crippen LogP contribution in [0.3, 0.4) is 0 Å². The molecule has 1 saturated heterocycles. The number of piperazine rings is 1. The van der Waals surface area contributed by atoms with E-state index in [1.54, 1.807) is 11.3 Å². The fraction of sp³-hybridized carbons (Fsp3) is 0.400. The van der Waals surface area contributed by atoms with Crippen LogP contribution in [0.15, 0.2) is 41.8 Å². The summed E-state index contributed by atoms with van der Waals surface area (Å²) in [5.74, 6) is 0.348. The SMILES string of the molecule is Cc1cccc(CCC(=O)N2CCN(C(=O)Cc3cccs3)CC2)c1. The van der Waals surface area contributed by atoms with E-state index in [1.165, 1.54) is 11.1 Å². The Labute approximate surface area is 153 Å². The van der Waals surface area contributed by atoms with Crippen molar-refractivity contribution in [2.75, 3.05) is 26.2 Å². The number of rotatable bonds is 5. The molecule has 4 nitrogen and oxygen atoms in total. The van der Waals surface area contributed by atoms with Crippen molar-refractivity contribution in [1.29, 1.82) is 0 Å². The van der Waals surface area contributed by atoms with Crippen LogP contribution in [-0.2, 0) is 22.4 Å². The summed E-state index contributed by atoms with van der Waals surface area (Å²) in [5, 5.41) is 1.99. The molecule has 5 heteroatoms. The van der Waals surface area contributed by atoms with Crippen molar-refractivity contribution in [2.24, 2.45) is 0 Å². The van der Waals surface area contributed by atoms with Gasteiger partial charge in [-0.15, -0.1) is 11.3 Å². The van der Waals surface area contributed by atoms with Crippen LogP contribution in [0.1, 0.15) is 22.4 Å². The second kappa shape index (κ2) is 8.30. The fourth-order valence-electron chi connectivity index (χ4n) is 3.16. The highest BCUT2D eigenvalue weighted by Crippen LogP contribution is 2.13. The molecule has 1 aromatic heterocycles. The number of carbonyl (C=O) groups excluding carboxylic acids is 2. The standard InChI is InChI=1S/C20H24N2O2S/c1-16-4-2-5-17(14-16)7-8-19(23)21-9-11-22(12-10-21)20(24)15-18-6-3-13-25-18/h2-6,13-14H,7-12,15H2,1H3. The van der Waals surface area contributed by atoms with Crippen molar-refractivity contribution in [3.05, 3.63) is 57.8 Å². The lowest BCUT2D eigenvalue weighted by atomic mass is 10.1. The van der Waals surface area contributed by atoms with Gasteiger partial charge in [0.05, 0.1) is 6.42 Å². The Morgan fingerprint density at radius 1 is 1.00 bits per heavy atom. The molecule has 0 N–H and O–H groups in total. The minimum atomic E-state index is 0.161. The van der Waals surface area contributed by atoms with Gasteiger partial charge in [-0.3, -0.25) is 9.59 Å². The molecular formula is C20H24N2O2S. The Hall–Kier alpha value is -2.14. The second-order valence-electron chi connectivity index (χ2n) is 6.51. The minimum absolute atomic E-state index is 0.161. The molecule has 1 aliphatic rings. The monoisotopic (exact) mass is 356 g/mol. The molecule has 0 atom stereocenters. The average Bonchev–Trinajstić information content (AvgIpc) is 3.13. The smallest absolute Gasteiger partial charge is 0.227 e. The highest BCUT2D eigenvalue weighted by molar-refractivity contribution is 7.10. The van der Waals surface area contributed by atoms with Gasteiger partial charge in [0.25, 0.3) is 0 Å². The Morgan fingerprint density at radius 3 is 2.36 bits per heavy atom. The van der Waals surface area contributed by atoms with E-state index in [4.69, 9.17) is 0 Å². The summed E-state index contributed by atoms with van der Waals surface area (Å²) >= 11 is 1.61. The van der Waals surface area contributed by atoms with Crippen molar-refractivity contribution in [2.45, 2.75) is 26.2 Å². The van der Waals surface area contributed by atoms with Gasteiger partial charge >= 0.3 is 0 Å². The third-order valence-corrected chi connectivity index (χ3v) is 5.48. The van der Waals surface area contributed by atoms with Gasteiger partial charge in [0.1, 0.15) is 0 Å². The number of thiophene rings is 1. The molecule has 0 radical (unpaired) electrons. The number of aryl methyl sites for hydroxylation is 2. The fourth-order valence-corrected chi connectivity index (χ4v) is 3.85. The summed E-state index contributed by atoms with van der Waals surface area (Å²) in [6.07, 6.45) is 1.78. The zero-order chi connectivity index (χ0) is 17.6. The third kappa shape index (κ3) is 4.92. The summed E-state index contributed by atoms with van der Waals surface area (Å²) in [4.78, 5) is 29.6. The van der Waals surface area contributed by atoms with E-state index in [2.05, 4.69) is 25.1 Å². The van der Waals surface area contributed by atoms with Gasteiger partial charge in [0.15, 0.2) is 0 Å². The molecule has 0 unspecified atom stereocenters. The van der Waals surface area contributed by atoms with Crippen LogP contribution in [0.5, 0.6) is 0 Å². The van der Waals surface area contributed by atoms with Crippen molar-refractivity contribution in [3.63, 3.8) is 0 Å². The molecule has 2 heterocycles. The number of benzene rings is 1. The summed E-state index contributed by atoms with van der Waals surface area (Å²) in [6.45, 7) is 4.63. The molecule has 2 amide bonds. The van der Waals surface area contributed by atoms with Gasteiger partial charge in [-0.05, 0) is 30.4 Å². The average molecular weight is 356 g/mol. The lowest BCUT2D eigenvalue weighted by molar-refractivity contribution is -0.139. The summed E-state index contributed by atoms with van der Waals surface area (Å²) in [5.41, 5.74) is 2.43.